The van der Waals surface area contributed by atoms with E-state index in [0.717, 1.165) is 13.1 Å². The van der Waals surface area contributed by atoms with Gasteiger partial charge in [0.25, 0.3) is 0 Å². The van der Waals surface area contributed by atoms with Gasteiger partial charge < -0.3 is 16.0 Å². The summed E-state index contributed by atoms with van der Waals surface area (Å²) in [6.07, 6.45) is 0. The lowest BCUT2D eigenvalue weighted by atomic mass is 10.3. The van der Waals surface area contributed by atoms with Crippen molar-refractivity contribution >= 4 is 35.1 Å². The molecule has 0 fully saturated rings. The molecule has 0 aliphatic carbocycles. The zero-order valence-corrected chi connectivity index (χ0v) is 12.5. The number of rotatable bonds is 5. The molecule has 6 nitrogen and oxygen atoms in total. The molecule has 1 aromatic heterocycles. The van der Waals surface area contributed by atoms with Gasteiger partial charge in [0.15, 0.2) is 0 Å². The lowest BCUT2D eigenvalue weighted by molar-refractivity contribution is 0.628. The quantitative estimate of drug-likeness (QED) is 0.884. The summed E-state index contributed by atoms with van der Waals surface area (Å²) < 4.78 is 13.1. The molecule has 0 amide bonds. The Morgan fingerprint density at radius 2 is 1.95 bits per heavy atom. The summed E-state index contributed by atoms with van der Waals surface area (Å²) in [7, 11) is 0. The average Bonchev–Trinajstić information content (AvgIpc) is 2.44. The summed E-state index contributed by atoms with van der Waals surface area (Å²) in [5.41, 5.74) is 6.27. The molecule has 2 rings (SSSR count). The highest BCUT2D eigenvalue weighted by molar-refractivity contribution is 6.31. The topological polar surface area (TPSA) is 80.0 Å². The summed E-state index contributed by atoms with van der Waals surface area (Å²) in [6.45, 7) is 5.50. The van der Waals surface area contributed by atoms with Gasteiger partial charge in [-0.1, -0.05) is 11.6 Å². The van der Waals surface area contributed by atoms with Crippen molar-refractivity contribution in [2.45, 2.75) is 13.8 Å². The number of halogens is 2. The molecular weight excluding hydrogens is 295 g/mol. The number of nitrogens with zero attached hydrogens (tertiary/aromatic N) is 4. The third-order valence-electron chi connectivity index (χ3n) is 2.86. The van der Waals surface area contributed by atoms with Gasteiger partial charge in [0, 0.05) is 18.8 Å². The normalized spacial score (nSPS) is 10.5. The second-order valence-corrected chi connectivity index (χ2v) is 4.65. The number of nitrogens with one attached hydrogen (secondary N) is 1. The zero-order valence-electron chi connectivity index (χ0n) is 11.8. The van der Waals surface area contributed by atoms with E-state index in [1.807, 2.05) is 18.7 Å². The van der Waals surface area contributed by atoms with Crippen LogP contribution in [0.4, 0.5) is 27.9 Å². The van der Waals surface area contributed by atoms with Crippen LogP contribution in [0.25, 0.3) is 0 Å². The second-order valence-electron chi connectivity index (χ2n) is 4.24. The molecule has 0 saturated carbocycles. The first-order valence-corrected chi connectivity index (χ1v) is 6.89. The molecule has 0 saturated heterocycles. The minimum absolute atomic E-state index is 0.0194. The van der Waals surface area contributed by atoms with Crippen LogP contribution in [0, 0.1) is 5.82 Å². The first-order chi connectivity index (χ1) is 10.0. The molecule has 8 heteroatoms. The van der Waals surface area contributed by atoms with E-state index in [4.69, 9.17) is 17.3 Å². The molecular formula is C13H16ClFN6. The van der Waals surface area contributed by atoms with E-state index in [1.54, 1.807) is 0 Å². The number of nitrogen functional groups attached to an aromatic ring is 1. The van der Waals surface area contributed by atoms with Crippen molar-refractivity contribution in [2.75, 3.05) is 29.0 Å². The number of hydrogen-bond acceptors (Lipinski definition) is 6. The van der Waals surface area contributed by atoms with Gasteiger partial charge in [0.05, 0.1) is 5.02 Å². The molecule has 1 aromatic carbocycles. The van der Waals surface area contributed by atoms with Crippen LogP contribution in [0.2, 0.25) is 5.02 Å². The maximum absolute atomic E-state index is 13.1. The molecule has 1 heterocycles. The van der Waals surface area contributed by atoms with Crippen molar-refractivity contribution in [3.8, 4) is 0 Å². The fourth-order valence-electron chi connectivity index (χ4n) is 1.79. The smallest absolute Gasteiger partial charge is 0.233 e. The molecule has 112 valence electrons. The molecule has 0 spiro atoms. The van der Waals surface area contributed by atoms with Crippen LogP contribution in [-0.4, -0.2) is 28.0 Å². The third kappa shape index (κ3) is 3.69. The standard InChI is InChI=1S/C13H16ClFN6/c1-3-21(4-2)13-19-11(16)18-12(20-13)17-8-5-6-10(15)9(14)7-8/h5-7H,3-4H2,1-2H3,(H3,16,17,18,19,20). The van der Waals surface area contributed by atoms with Crippen molar-refractivity contribution in [3.63, 3.8) is 0 Å². The molecule has 0 bridgehead atoms. The van der Waals surface area contributed by atoms with E-state index in [0.29, 0.717) is 11.6 Å². The van der Waals surface area contributed by atoms with Crippen molar-refractivity contribution < 1.29 is 4.39 Å². The number of hydrogen-bond donors (Lipinski definition) is 2. The van der Waals surface area contributed by atoms with Crippen LogP contribution >= 0.6 is 11.6 Å². The van der Waals surface area contributed by atoms with Crippen molar-refractivity contribution in [3.05, 3.63) is 29.0 Å². The summed E-state index contributed by atoms with van der Waals surface area (Å²) in [5.74, 6) is 0.402. The van der Waals surface area contributed by atoms with Gasteiger partial charge in [-0.2, -0.15) is 15.0 Å². The molecule has 0 unspecified atom stereocenters. The Balaban J connectivity index is 2.29. The Bertz CT molecular complexity index is 632. The number of aromatic nitrogens is 3. The summed E-state index contributed by atoms with van der Waals surface area (Å²) in [5, 5.41) is 2.96. The van der Waals surface area contributed by atoms with E-state index in [-0.39, 0.29) is 16.9 Å². The maximum Gasteiger partial charge on any atom is 0.233 e. The summed E-state index contributed by atoms with van der Waals surface area (Å²) >= 11 is 5.74. The van der Waals surface area contributed by atoms with Crippen LogP contribution < -0.4 is 16.0 Å². The molecule has 0 aliphatic heterocycles. The largest absolute Gasteiger partial charge is 0.368 e. The van der Waals surface area contributed by atoms with Crippen LogP contribution in [0.1, 0.15) is 13.8 Å². The highest BCUT2D eigenvalue weighted by Crippen LogP contribution is 2.22. The molecule has 21 heavy (non-hydrogen) atoms. The van der Waals surface area contributed by atoms with Gasteiger partial charge in [-0.05, 0) is 32.0 Å². The third-order valence-corrected chi connectivity index (χ3v) is 3.15. The lowest BCUT2D eigenvalue weighted by Gasteiger charge is -2.19. The minimum Gasteiger partial charge on any atom is -0.368 e. The predicted octanol–water partition coefficient (Wildman–Crippen LogP) is 2.84. The molecule has 3 N–H and O–H groups in total. The fraction of sp³-hybridized carbons (Fsp3) is 0.308. The van der Waals surface area contributed by atoms with Gasteiger partial charge in [0.2, 0.25) is 17.8 Å². The monoisotopic (exact) mass is 310 g/mol. The fourth-order valence-corrected chi connectivity index (χ4v) is 1.97. The van der Waals surface area contributed by atoms with Crippen molar-refractivity contribution in [1.29, 1.82) is 0 Å². The molecule has 0 radical (unpaired) electrons. The number of anilines is 4. The number of nitrogens with two attached hydrogens (primary N) is 1. The first-order valence-electron chi connectivity index (χ1n) is 6.52. The van der Waals surface area contributed by atoms with Gasteiger partial charge in [-0.25, -0.2) is 4.39 Å². The lowest BCUT2D eigenvalue weighted by Crippen LogP contribution is -2.25. The van der Waals surface area contributed by atoms with Gasteiger partial charge in [0.1, 0.15) is 5.82 Å². The Morgan fingerprint density at radius 1 is 1.24 bits per heavy atom. The first kappa shape index (κ1) is 15.2. The van der Waals surface area contributed by atoms with Crippen LogP contribution in [0.15, 0.2) is 18.2 Å². The van der Waals surface area contributed by atoms with Crippen LogP contribution in [0.5, 0.6) is 0 Å². The van der Waals surface area contributed by atoms with Gasteiger partial charge in [-0.15, -0.1) is 0 Å². The van der Waals surface area contributed by atoms with E-state index in [1.165, 1.54) is 18.2 Å². The zero-order chi connectivity index (χ0) is 15.4. The summed E-state index contributed by atoms with van der Waals surface area (Å²) in [6, 6.07) is 4.26. The maximum atomic E-state index is 13.1. The van der Waals surface area contributed by atoms with E-state index < -0.39 is 5.82 Å². The molecule has 0 atom stereocenters. The number of benzene rings is 1. The Labute approximate surface area is 127 Å². The highest BCUT2D eigenvalue weighted by Gasteiger charge is 2.10. The Kier molecular flexibility index (Phi) is 4.74. The molecule has 2 aromatic rings. The second kappa shape index (κ2) is 6.53. The Morgan fingerprint density at radius 3 is 2.57 bits per heavy atom. The van der Waals surface area contributed by atoms with Crippen LogP contribution in [0.3, 0.4) is 0 Å². The van der Waals surface area contributed by atoms with Gasteiger partial charge >= 0.3 is 0 Å². The van der Waals surface area contributed by atoms with E-state index >= 15 is 0 Å². The van der Waals surface area contributed by atoms with E-state index in [9.17, 15) is 4.39 Å². The predicted molar refractivity (Wildman–Crippen MR) is 82.5 cm³/mol. The average molecular weight is 311 g/mol. The molecule has 0 aliphatic rings. The van der Waals surface area contributed by atoms with Crippen molar-refractivity contribution in [1.82, 2.24) is 15.0 Å². The van der Waals surface area contributed by atoms with E-state index in [2.05, 4.69) is 20.3 Å². The van der Waals surface area contributed by atoms with Crippen LogP contribution in [-0.2, 0) is 0 Å². The SMILES string of the molecule is CCN(CC)c1nc(N)nc(Nc2ccc(F)c(Cl)c2)n1. The Hall–Kier alpha value is -2.15. The van der Waals surface area contributed by atoms with Gasteiger partial charge in [-0.3, -0.25) is 0 Å². The van der Waals surface area contributed by atoms with Crippen molar-refractivity contribution in [2.24, 2.45) is 0 Å². The highest BCUT2D eigenvalue weighted by atomic mass is 35.5. The minimum atomic E-state index is -0.485. The summed E-state index contributed by atoms with van der Waals surface area (Å²) in [4.78, 5) is 14.4.